The number of anilines is 1. The third-order valence-electron chi connectivity index (χ3n) is 4.72. The summed E-state index contributed by atoms with van der Waals surface area (Å²) in [6, 6.07) is 8.20. The molecule has 0 amide bonds. The number of hydrogen-bond acceptors (Lipinski definition) is 5. The fraction of sp³-hybridized carbons (Fsp3) is 0.389. The van der Waals surface area contributed by atoms with Crippen molar-refractivity contribution in [2.75, 3.05) is 18.6 Å². The van der Waals surface area contributed by atoms with Gasteiger partial charge in [-0.25, -0.2) is 9.67 Å². The Kier molecular flexibility index (Phi) is 3.59. The molecule has 0 unspecified atom stereocenters. The molecule has 6 heteroatoms. The van der Waals surface area contributed by atoms with E-state index >= 15 is 0 Å². The van der Waals surface area contributed by atoms with Crippen LogP contribution >= 0.6 is 0 Å². The van der Waals surface area contributed by atoms with Gasteiger partial charge in [0.25, 0.3) is 0 Å². The van der Waals surface area contributed by atoms with Gasteiger partial charge in [-0.2, -0.15) is 5.10 Å². The number of para-hydroxylation sites is 2. The van der Waals surface area contributed by atoms with Crippen LogP contribution in [0.3, 0.4) is 0 Å². The first-order valence-electron chi connectivity index (χ1n) is 8.25. The van der Waals surface area contributed by atoms with E-state index < -0.39 is 0 Å². The Morgan fingerprint density at radius 1 is 1.21 bits per heavy atom. The Balaban J connectivity index is 1.77. The maximum absolute atomic E-state index is 5.60. The molecule has 0 radical (unpaired) electrons. The summed E-state index contributed by atoms with van der Waals surface area (Å²) in [6.45, 7) is 3.01. The predicted octanol–water partition coefficient (Wildman–Crippen LogP) is 3.02. The van der Waals surface area contributed by atoms with Gasteiger partial charge in [-0.1, -0.05) is 12.1 Å². The van der Waals surface area contributed by atoms with E-state index in [2.05, 4.69) is 15.0 Å². The Labute approximate surface area is 141 Å². The second kappa shape index (κ2) is 5.78. The average Bonchev–Trinajstić information content (AvgIpc) is 3.17. The van der Waals surface area contributed by atoms with Crippen molar-refractivity contribution in [2.24, 2.45) is 7.05 Å². The van der Waals surface area contributed by atoms with Crippen LogP contribution in [0.2, 0.25) is 0 Å². The minimum atomic E-state index is 0.226. The van der Waals surface area contributed by atoms with Crippen LogP contribution in [-0.2, 0) is 7.05 Å². The van der Waals surface area contributed by atoms with Gasteiger partial charge in [-0.15, -0.1) is 0 Å². The van der Waals surface area contributed by atoms with E-state index in [9.17, 15) is 0 Å². The molecule has 0 N–H and O–H groups in total. The lowest BCUT2D eigenvalue weighted by molar-refractivity contribution is 0.366. The maximum Gasteiger partial charge on any atom is 0.216 e. The number of methoxy groups -OCH3 is 1. The Hall–Kier alpha value is -2.63. The molecule has 0 aliphatic carbocycles. The van der Waals surface area contributed by atoms with Gasteiger partial charge >= 0.3 is 0 Å². The van der Waals surface area contributed by atoms with Crippen molar-refractivity contribution in [3.8, 4) is 5.88 Å². The van der Waals surface area contributed by atoms with Gasteiger partial charge in [-0.05, 0) is 31.9 Å². The summed E-state index contributed by atoms with van der Waals surface area (Å²) < 4.78 is 7.41. The number of rotatable bonds is 3. The SMILES string of the molecule is COc1c([C@H]2CCCN2c2cnc3ccccc3n2)c(C)nn1C. The summed E-state index contributed by atoms with van der Waals surface area (Å²) in [4.78, 5) is 11.7. The molecular formula is C18H21N5O. The van der Waals surface area contributed by atoms with Gasteiger partial charge in [0.05, 0.1) is 41.6 Å². The number of benzene rings is 1. The summed E-state index contributed by atoms with van der Waals surface area (Å²) in [5.74, 6) is 1.75. The molecule has 3 heterocycles. The molecule has 1 atom stereocenters. The molecule has 0 bridgehead atoms. The highest BCUT2D eigenvalue weighted by Crippen LogP contribution is 2.40. The van der Waals surface area contributed by atoms with E-state index in [4.69, 9.17) is 9.72 Å². The third-order valence-corrected chi connectivity index (χ3v) is 4.72. The smallest absolute Gasteiger partial charge is 0.216 e. The molecule has 1 aliphatic heterocycles. The fourth-order valence-corrected chi connectivity index (χ4v) is 3.71. The lowest BCUT2D eigenvalue weighted by Gasteiger charge is -2.26. The molecule has 1 aromatic carbocycles. The van der Waals surface area contributed by atoms with Crippen LogP contribution in [0.4, 0.5) is 5.82 Å². The zero-order valence-corrected chi connectivity index (χ0v) is 14.2. The van der Waals surface area contributed by atoms with Gasteiger partial charge < -0.3 is 9.64 Å². The van der Waals surface area contributed by atoms with E-state index in [-0.39, 0.29) is 6.04 Å². The lowest BCUT2D eigenvalue weighted by atomic mass is 10.1. The highest BCUT2D eigenvalue weighted by molar-refractivity contribution is 5.75. The number of ether oxygens (including phenoxy) is 1. The summed E-state index contributed by atoms with van der Waals surface area (Å²) in [5, 5.41) is 4.53. The van der Waals surface area contributed by atoms with Crippen molar-refractivity contribution in [3.63, 3.8) is 0 Å². The summed E-state index contributed by atoms with van der Waals surface area (Å²) >= 11 is 0. The van der Waals surface area contributed by atoms with Gasteiger partial charge in [-0.3, -0.25) is 4.98 Å². The highest BCUT2D eigenvalue weighted by atomic mass is 16.5. The molecular weight excluding hydrogens is 302 g/mol. The number of fused-ring (bicyclic) bond motifs is 1. The topological polar surface area (TPSA) is 56.1 Å². The molecule has 6 nitrogen and oxygen atoms in total. The second-order valence-corrected chi connectivity index (χ2v) is 6.20. The predicted molar refractivity (Wildman–Crippen MR) is 93.4 cm³/mol. The van der Waals surface area contributed by atoms with E-state index in [0.717, 1.165) is 53.4 Å². The molecule has 0 saturated carbocycles. The van der Waals surface area contributed by atoms with Crippen molar-refractivity contribution in [1.82, 2.24) is 19.7 Å². The summed E-state index contributed by atoms with van der Waals surface area (Å²) in [5.41, 5.74) is 4.02. The van der Waals surface area contributed by atoms with Crippen LogP contribution in [0, 0.1) is 6.92 Å². The van der Waals surface area contributed by atoms with Gasteiger partial charge in [0.15, 0.2) is 0 Å². The molecule has 3 aromatic rings. The van der Waals surface area contributed by atoms with Crippen LogP contribution in [0.15, 0.2) is 30.5 Å². The molecule has 2 aromatic heterocycles. The van der Waals surface area contributed by atoms with Crippen molar-refractivity contribution in [1.29, 1.82) is 0 Å². The van der Waals surface area contributed by atoms with Crippen LogP contribution in [0.25, 0.3) is 11.0 Å². The third kappa shape index (κ3) is 2.29. The van der Waals surface area contributed by atoms with E-state index in [1.165, 1.54) is 0 Å². The van der Waals surface area contributed by atoms with Crippen LogP contribution < -0.4 is 9.64 Å². The second-order valence-electron chi connectivity index (χ2n) is 6.20. The van der Waals surface area contributed by atoms with E-state index in [1.807, 2.05) is 49.1 Å². The first-order valence-corrected chi connectivity index (χ1v) is 8.25. The van der Waals surface area contributed by atoms with Crippen molar-refractivity contribution in [3.05, 3.63) is 41.7 Å². The fourth-order valence-electron chi connectivity index (χ4n) is 3.71. The van der Waals surface area contributed by atoms with Crippen LogP contribution in [0.1, 0.15) is 30.1 Å². The molecule has 1 saturated heterocycles. The molecule has 4 rings (SSSR count). The van der Waals surface area contributed by atoms with E-state index in [1.54, 1.807) is 7.11 Å². The molecule has 1 aliphatic rings. The lowest BCUT2D eigenvalue weighted by Crippen LogP contribution is -2.24. The normalized spacial score (nSPS) is 17.6. The van der Waals surface area contributed by atoms with Gasteiger partial charge in [0.2, 0.25) is 5.88 Å². The highest BCUT2D eigenvalue weighted by Gasteiger charge is 2.33. The Bertz CT molecular complexity index is 888. The van der Waals surface area contributed by atoms with Crippen LogP contribution in [-0.4, -0.2) is 33.4 Å². The molecule has 24 heavy (non-hydrogen) atoms. The number of aromatic nitrogens is 4. The Morgan fingerprint density at radius 2 is 2.00 bits per heavy atom. The minimum absolute atomic E-state index is 0.226. The van der Waals surface area contributed by atoms with Gasteiger partial charge in [0.1, 0.15) is 5.82 Å². The number of aryl methyl sites for hydroxylation is 2. The standard InChI is InChI=1S/C18H21N5O/c1-12-17(18(24-3)22(2)21-12)15-9-6-10-23(15)16-11-19-13-7-4-5-8-14(13)20-16/h4-5,7-8,11,15H,6,9-10H2,1-3H3/t15-/m1/s1. The molecule has 1 fully saturated rings. The van der Waals surface area contributed by atoms with Crippen LogP contribution in [0.5, 0.6) is 5.88 Å². The van der Waals surface area contributed by atoms with Gasteiger partial charge in [0, 0.05) is 13.6 Å². The van der Waals surface area contributed by atoms with Crippen molar-refractivity contribution in [2.45, 2.75) is 25.8 Å². The van der Waals surface area contributed by atoms with Crippen molar-refractivity contribution >= 4 is 16.9 Å². The zero-order chi connectivity index (χ0) is 16.7. The minimum Gasteiger partial charge on any atom is -0.481 e. The van der Waals surface area contributed by atoms with Crippen molar-refractivity contribution < 1.29 is 4.74 Å². The van der Waals surface area contributed by atoms with E-state index in [0.29, 0.717) is 0 Å². The first-order chi connectivity index (χ1) is 11.7. The zero-order valence-electron chi connectivity index (χ0n) is 14.2. The molecule has 124 valence electrons. The Morgan fingerprint density at radius 3 is 2.79 bits per heavy atom. The average molecular weight is 323 g/mol. The maximum atomic E-state index is 5.60. The quantitative estimate of drug-likeness (QED) is 0.741. The number of hydrogen-bond donors (Lipinski definition) is 0. The first kappa shape index (κ1) is 14.9. The summed E-state index contributed by atoms with van der Waals surface area (Å²) in [6.07, 6.45) is 4.06. The molecule has 0 spiro atoms. The largest absolute Gasteiger partial charge is 0.481 e. The summed E-state index contributed by atoms with van der Waals surface area (Å²) in [7, 11) is 3.62. The number of nitrogens with zero attached hydrogens (tertiary/aromatic N) is 5. The monoisotopic (exact) mass is 323 g/mol.